The number of nitrogens with zero attached hydrogens (tertiary/aromatic N) is 1. The molecule has 1 atom stereocenters. The van der Waals surface area contributed by atoms with Crippen LogP contribution in [0.1, 0.15) is 6.42 Å². The Kier molecular flexibility index (Phi) is 2.94. The summed E-state index contributed by atoms with van der Waals surface area (Å²) in [6.45, 7) is 2.14. The lowest BCUT2D eigenvalue weighted by atomic mass is 10.3. The van der Waals surface area contributed by atoms with E-state index in [0.29, 0.717) is 6.10 Å². The van der Waals surface area contributed by atoms with E-state index in [1.165, 1.54) is 0 Å². The fourth-order valence-electron chi connectivity index (χ4n) is 1.70. The van der Waals surface area contributed by atoms with Gasteiger partial charge >= 0.3 is 0 Å². The average molecular weight is 212 g/mol. The molecule has 0 bridgehead atoms. The fourth-order valence-corrected chi connectivity index (χ4v) is 1.82. The van der Waals surface area contributed by atoms with E-state index in [1.807, 2.05) is 24.3 Å². The first kappa shape index (κ1) is 9.81. The predicted molar refractivity (Wildman–Crippen MR) is 58.0 cm³/mol. The minimum Gasteiger partial charge on any atom is -0.489 e. The van der Waals surface area contributed by atoms with Crippen LogP contribution in [0.25, 0.3) is 0 Å². The minimum atomic E-state index is 0.334. The van der Waals surface area contributed by atoms with Crippen LogP contribution < -0.4 is 4.74 Å². The van der Waals surface area contributed by atoms with Gasteiger partial charge in [0.25, 0.3) is 0 Å². The molecule has 1 aliphatic heterocycles. The second-order valence-corrected chi connectivity index (χ2v) is 4.18. The third-order valence-electron chi connectivity index (χ3n) is 2.46. The van der Waals surface area contributed by atoms with E-state index in [9.17, 15) is 0 Å². The molecule has 0 spiro atoms. The first-order chi connectivity index (χ1) is 6.74. The van der Waals surface area contributed by atoms with Crippen molar-refractivity contribution in [3.63, 3.8) is 0 Å². The van der Waals surface area contributed by atoms with E-state index in [1.54, 1.807) is 0 Å². The van der Waals surface area contributed by atoms with Gasteiger partial charge in [-0.25, -0.2) is 0 Å². The van der Waals surface area contributed by atoms with Gasteiger partial charge in [0, 0.05) is 18.1 Å². The maximum atomic E-state index is 5.80. The van der Waals surface area contributed by atoms with Crippen molar-refractivity contribution >= 4 is 11.6 Å². The van der Waals surface area contributed by atoms with Crippen molar-refractivity contribution in [3.8, 4) is 5.75 Å². The molecular formula is C11H14ClNO. The molecule has 1 aromatic carbocycles. The number of hydrogen-bond acceptors (Lipinski definition) is 2. The summed E-state index contributed by atoms with van der Waals surface area (Å²) in [5.41, 5.74) is 0. The van der Waals surface area contributed by atoms with Gasteiger partial charge in [0.15, 0.2) is 0 Å². The van der Waals surface area contributed by atoms with Crippen LogP contribution in [-0.4, -0.2) is 31.1 Å². The van der Waals surface area contributed by atoms with Gasteiger partial charge < -0.3 is 9.64 Å². The van der Waals surface area contributed by atoms with Crippen LogP contribution in [0.2, 0.25) is 5.02 Å². The zero-order chi connectivity index (χ0) is 9.97. The molecule has 76 valence electrons. The zero-order valence-electron chi connectivity index (χ0n) is 8.24. The second kappa shape index (κ2) is 4.20. The summed E-state index contributed by atoms with van der Waals surface area (Å²) in [5, 5.41) is 0.751. The molecule has 0 unspecified atom stereocenters. The maximum absolute atomic E-state index is 5.80. The molecule has 14 heavy (non-hydrogen) atoms. The Hall–Kier alpha value is -0.730. The second-order valence-electron chi connectivity index (χ2n) is 3.74. The van der Waals surface area contributed by atoms with Gasteiger partial charge in [-0.2, -0.15) is 0 Å². The Morgan fingerprint density at radius 3 is 2.64 bits per heavy atom. The van der Waals surface area contributed by atoms with Gasteiger partial charge in [-0.15, -0.1) is 0 Å². The Morgan fingerprint density at radius 1 is 1.36 bits per heavy atom. The Morgan fingerprint density at radius 2 is 2.07 bits per heavy atom. The van der Waals surface area contributed by atoms with E-state index < -0.39 is 0 Å². The smallest absolute Gasteiger partial charge is 0.119 e. The van der Waals surface area contributed by atoms with Crippen molar-refractivity contribution in [3.05, 3.63) is 29.3 Å². The molecule has 0 aromatic heterocycles. The molecule has 2 nitrogen and oxygen atoms in total. The Labute approximate surface area is 89.4 Å². The zero-order valence-corrected chi connectivity index (χ0v) is 9.00. The number of likely N-dealkylation sites (N-methyl/N-ethyl adjacent to an activating group) is 1. The molecule has 1 heterocycles. The van der Waals surface area contributed by atoms with E-state index in [4.69, 9.17) is 16.3 Å². The van der Waals surface area contributed by atoms with Crippen LogP contribution in [0.3, 0.4) is 0 Å². The van der Waals surface area contributed by atoms with Crippen molar-refractivity contribution in [1.29, 1.82) is 0 Å². The molecule has 0 saturated carbocycles. The molecule has 1 fully saturated rings. The summed E-state index contributed by atoms with van der Waals surface area (Å²) in [7, 11) is 2.12. The standard InChI is InChI=1S/C11H14ClNO/c1-13-7-6-11(8-13)14-10-4-2-9(12)3-5-10/h2-5,11H,6-8H2,1H3/t11-/m0/s1. The maximum Gasteiger partial charge on any atom is 0.119 e. The number of benzene rings is 1. The largest absolute Gasteiger partial charge is 0.489 e. The molecule has 1 saturated heterocycles. The lowest BCUT2D eigenvalue weighted by Gasteiger charge is -2.13. The molecule has 2 rings (SSSR count). The van der Waals surface area contributed by atoms with Gasteiger partial charge in [-0.3, -0.25) is 0 Å². The molecule has 0 amide bonds. The van der Waals surface area contributed by atoms with Crippen LogP contribution >= 0.6 is 11.6 Å². The van der Waals surface area contributed by atoms with Gasteiger partial charge in [0.1, 0.15) is 11.9 Å². The Balaban J connectivity index is 1.94. The van der Waals surface area contributed by atoms with E-state index >= 15 is 0 Å². The van der Waals surface area contributed by atoms with Gasteiger partial charge in [0.2, 0.25) is 0 Å². The monoisotopic (exact) mass is 211 g/mol. The van der Waals surface area contributed by atoms with Crippen molar-refractivity contribution in [2.24, 2.45) is 0 Å². The van der Waals surface area contributed by atoms with Gasteiger partial charge in [-0.1, -0.05) is 11.6 Å². The first-order valence-corrected chi connectivity index (χ1v) is 5.22. The van der Waals surface area contributed by atoms with Gasteiger partial charge in [0.05, 0.1) is 0 Å². The highest BCUT2D eigenvalue weighted by Crippen LogP contribution is 2.19. The summed E-state index contributed by atoms with van der Waals surface area (Å²) >= 11 is 5.79. The molecule has 0 N–H and O–H groups in total. The van der Waals surface area contributed by atoms with Crippen molar-refractivity contribution in [2.75, 3.05) is 20.1 Å². The number of hydrogen-bond donors (Lipinski definition) is 0. The van der Waals surface area contributed by atoms with Crippen LogP contribution in [0.5, 0.6) is 5.75 Å². The Bertz CT molecular complexity index is 299. The predicted octanol–water partition coefficient (Wildman–Crippen LogP) is 2.42. The van der Waals surface area contributed by atoms with E-state index in [2.05, 4.69) is 11.9 Å². The molecular weight excluding hydrogens is 198 g/mol. The van der Waals surface area contributed by atoms with Gasteiger partial charge in [-0.05, 0) is 37.7 Å². The lowest BCUT2D eigenvalue weighted by molar-refractivity contribution is 0.208. The van der Waals surface area contributed by atoms with E-state index in [0.717, 1.165) is 30.3 Å². The quantitative estimate of drug-likeness (QED) is 0.745. The number of ether oxygens (including phenoxy) is 1. The fraction of sp³-hybridized carbons (Fsp3) is 0.455. The first-order valence-electron chi connectivity index (χ1n) is 4.85. The van der Waals surface area contributed by atoms with E-state index in [-0.39, 0.29) is 0 Å². The summed E-state index contributed by atoms with van der Waals surface area (Å²) in [6.07, 6.45) is 1.44. The molecule has 0 radical (unpaired) electrons. The van der Waals surface area contributed by atoms with Crippen LogP contribution in [0.4, 0.5) is 0 Å². The lowest BCUT2D eigenvalue weighted by Crippen LogP contribution is -2.21. The van der Waals surface area contributed by atoms with Crippen LogP contribution in [-0.2, 0) is 0 Å². The minimum absolute atomic E-state index is 0.334. The average Bonchev–Trinajstić information content (AvgIpc) is 2.56. The highest BCUT2D eigenvalue weighted by atomic mass is 35.5. The van der Waals surface area contributed by atoms with Crippen molar-refractivity contribution in [2.45, 2.75) is 12.5 Å². The molecule has 3 heteroatoms. The van der Waals surface area contributed by atoms with Crippen LogP contribution in [0.15, 0.2) is 24.3 Å². The molecule has 1 aliphatic rings. The topological polar surface area (TPSA) is 12.5 Å². The summed E-state index contributed by atoms with van der Waals surface area (Å²) < 4.78 is 5.80. The number of likely N-dealkylation sites (tertiary alicyclic amines) is 1. The highest BCUT2D eigenvalue weighted by Gasteiger charge is 2.20. The summed E-state index contributed by atoms with van der Waals surface area (Å²) in [4.78, 5) is 2.28. The van der Waals surface area contributed by atoms with Crippen LogP contribution in [0, 0.1) is 0 Å². The van der Waals surface area contributed by atoms with Crippen molar-refractivity contribution in [1.82, 2.24) is 4.90 Å². The third-order valence-corrected chi connectivity index (χ3v) is 2.72. The summed E-state index contributed by atoms with van der Waals surface area (Å²) in [5.74, 6) is 0.912. The summed E-state index contributed by atoms with van der Waals surface area (Å²) in [6, 6.07) is 7.55. The SMILES string of the molecule is CN1CC[C@H](Oc2ccc(Cl)cc2)C1. The number of halogens is 1. The third kappa shape index (κ3) is 2.40. The molecule has 0 aliphatic carbocycles. The number of rotatable bonds is 2. The molecule has 1 aromatic rings. The normalized spacial score (nSPS) is 22.6. The highest BCUT2D eigenvalue weighted by molar-refractivity contribution is 6.30. The van der Waals surface area contributed by atoms with Crippen molar-refractivity contribution < 1.29 is 4.74 Å².